The van der Waals surface area contributed by atoms with E-state index in [1.165, 1.54) is 11.8 Å². The molecule has 0 radical (unpaired) electrons. The molecule has 1 amide bonds. The number of hydrogen-bond donors (Lipinski definition) is 3. The first-order valence-corrected chi connectivity index (χ1v) is 6.39. The molecule has 0 spiro atoms. The van der Waals surface area contributed by atoms with E-state index in [1.807, 2.05) is 0 Å². The third-order valence-corrected chi connectivity index (χ3v) is 3.81. The molecule has 2 heterocycles. The van der Waals surface area contributed by atoms with Crippen molar-refractivity contribution < 1.29 is 19.8 Å². The van der Waals surface area contributed by atoms with Crippen LogP contribution in [0.15, 0.2) is 5.03 Å². The Labute approximate surface area is 104 Å². The number of carboxylic acids is 1. The van der Waals surface area contributed by atoms with E-state index in [1.54, 1.807) is 6.08 Å². The fourth-order valence-electron chi connectivity index (χ4n) is 1.22. The van der Waals surface area contributed by atoms with Crippen LogP contribution in [-0.2, 0) is 16.0 Å². The molecule has 0 bridgehead atoms. The number of aromatic nitrogens is 1. The largest absolute Gasteiger partial charge is 0.492 e. The van der Waals surface area contributed by atoms with Gasteiger partial charge >= 0.3 is 5.97 Å². The third-order valence-electron chi connectivity index (χ3n) is 1.88. The van der Waals surface area contributed by atoms with Crippen molar-refractivity contribution in [2.24, 2.45) is 0 Å². The first-order chi connectivity index (χ1) is 8.04. The van der Waals surface area contributed by atoms with Gasteiger partial charge in [0.25, 0.3) is 0 Å². The Morgan fingerprint density at radius 2 is 2.35 bits per heavy atom. The summed E-state index contributed by atoms with van der Waals surface area (Å²) in [6, 6.07) is 0. The summed E-state index contributed by atoms with van der Waals surface area (Å²) in [5.41, 5.74) is 0. The zero-order valence-corrected chi connectivity index (χ0v) is 10.1. The zero-order valence-electron chi connectivity index (χ0n) is 8.47. The van der Waals surface area contributed by atoms with Crippen LogP contribution in [0, 0.1) is 0 Å². The Balaban J connectivity index is 2.17. The molecule has 3 N–H and O–H groups in total. The number of carbonyl (C=O) groups excluding carboxylic acids is 1. The minimum Gasteiger partial charge on any atom is -0.492 e. The van der Waals surface area contributed by atoms with E-state index in [-0.39, 0.29) is 18.2 Å². The van der Waals surface area contributed by atoms with E-state index in [4.69, 9.17) is 5.11 Å². The Hall–Kier alpha value is -1.54. The monoisotopic (exact) mass is 272 g/mol. The van der Waals surface area contributed by atoms with E-state index < -0.39 is 5.97 Å². The molecule has 8 heteroatoms. The summed E-state index contributed by atoms with van der Waals surface area (Å²) in [6.07, 6.45) is 1.36. The molecule has 0 unspecified atom stereocenters. The predicted molar refractivity (Wildman–Crippen MR) is 63.7 cm³/mol. The number of nitrogens with zero attached hydrogens (tertiary/aromatic N) is 1. The fraction of sp³-hybridized carbons (Fsp3) is 0.222. The number of carbonyl (C=O) groups is 2. The predicted octanol–water partition coefficient (Wildman–Crippen LogP) is 0.637. The van der Waals surface area contributed by atoms with E-state index in [2.05, 4.69) is 10.3 Å². The molecule has 1 fully saturated rings. The lowest BCUT2D eigenvalue weighted by Gasteiger charge is -1.91. The van der Waals surface area contributed by atoms with E-state index in [0.29, 0.717) is 20.7 Å². The highest BCUT2D eigenvalue weighted by molar-refractivity contribution is 8.04. The number of thiazole rings is 1. The van der Waals surface area contributed by atoms with Gasteiger partial charge < -0.3 is 15.5 Å². The Kier molecular flexibility index (Phi) is 3.34. The van der Waals surface area contributed by atoms with Crippen molar-refractivity contribution in [1.29, 1.82) is 0 Å². The summed E-state index contributed by atoms with van der Waals surface area (Å²) < 4.78 is 0. The summed E-state index contributed by atoms with van der Waals surface area (Å²) in [7, 11) is 0. The zero-order chi connectivity index (χ0) is 12.4. The molecule has 90 valence electrons. The number of hydrogen-bond acceptors (Lipinski definition) is 6. The highest BCUT2D eigenvalue weighted by Crippen LogP contribution is 2.28. The topological polar surface area (TPSA) is 99.5 Å². The van der Waals surface area contributed by atoms with Crippen molar-refractivity contribution in [2.75, 3.05) is 5.75 Å². The Morgan fingerprint density at radius 3 is 2.94 bits per heavy atom. The van der Waals surface area contributed by atoms with Crippen LogP contribution in [0.5, 0.6) is 5.88 Å². The number of nitrogens with one attached hydrogen (secondary N) is 1. The number of aliphatic carboxylic acids is 1. The van der Waals surface area contributed by atoms with Gasteiger partial charge in [0.15, 0.2) is 0 Å². The van der Waals surface area contributed by atoms with Gasteiger partial charge in [-0.3, -0.25) is 9.59 Å². The van der Waals surface area contributed by atoms with Crippen molar-refractivity contribution in [3.8, 4) is 5.88 Å². The number of carboxylic acid groups (broad SMARTS) is 1. The number of rotatable bonds is 3. The minimum absolute atomic E-state index is 0.0761. The second-order valence-corrected chi connectivity index (χ2v) is 5.35. The van der Waals surface area contributed by atoms with Crippen molar-refractivity contribution in [3.63, 3.8) is 0 Å². The summed E-state index contributed by atoms with van der Waals surface area (Å²) >= 11 is 2.44. The highest BCUT2D eigenvalue weighted by Gasteiger charge is 2.17. The van der Waals surface area contributed by atoms with E-state index in [9.17, 15) is 14.7 Å². The number of aromatic hydroxyl groups is 1. The van der Waals surface area contributed by atoms with Crippen molar-refractivity contribution >= 4 is 41.1 Å². The summed E-state index contributed by atoms with van der Waals surface area (Å²) in [5, 5.41) is 21.8. The van der Waals surface area contributed by atoms with Gasteiger partial charge in [-0.2, -0.15) is 0 Å². The summed E-state index contributed by atoms with van der Waals surface area (Å²) in [4.78, 5) is 25.6. The first kappa shape index (κ1) is 11.9. The lowest BCUT2D eigenvalue weighted by Crippen LogP contribution is -2.13. The fourth-order valence-corrected chi connectivity index (χ4v) is 2.93. The van der Waals surface area contributed by atoms with Crippen molar-refractivity contribution in [1.82, 2.24) is 10.3 Å². The molecule has 1 aromatic rings. The molecule has 1 saturated heterocycles. The molecule has 2 rings (SSSR count). The lowest BCUT2D eigenvalue weighted by molar-refractivity contribution is -0.136. The molecule has 0 atom stereocenters. The summed E-state index contributed by atoms with van der Waals surface area (Å²) in [6.45, 7) is 0. The molecule has 1 aliphatic rings. The average molecular weight is 272 g/mol. The van der Waals surface area contributed by atoms with Crippen LogP contribution < -0.4 is 5.32 Å². The summed E-state index contributed by atoms with van der Waals surface area (Å²) in [5.74, 6) is -0.997. The lowest BCUT2D eigenvalue weighted by atomic mass is 10.4. The smallest absolute Gasteiger partial charge is 0.308 e. The van der Waals surface area contributed by atoms with Crippen molar-refractivity contribution in [2.45, 2.75) is 6.42 Å². The number of thioether (sulfide) groups is 1. The first-order valence-electron chi connectivity index (χ1n) is 4.59. The molecule has 17 heavy (non-hydrogen) atoms. The van der Waals surface area contributed by atoms with Gasteiger partial charge in [-0.25, -0.2) is 4.98 Å². The third kappa shape index (κ3) is 2.98. The second kappa shape index (κ2) is 4.76. The maximum atomic E-state index is 10.9. The maximum absolute atomic E-state index is 10.9. The molecular formula is C9H8N2O4S2. The van der Waals surface area contributed by atoms with Gasteiger partial charge in [0.05, 0.1) is 22.1 Å². The Morgan fingerprint density at radius 1 is 1.59 bits per heavy atom. The highest BCUT2D eigenvalue weighted by atomic mass is 32.2. The van der Waals surface area contributed by atoms with Crippen LogP contribution in [0.2, 0.25) is 0 Å². The van der Waals surface area contributed by atoms with Crippen LogP contribution in [0.4, 0.5) is 0 Å². The average Bonchev–Trinajstić information content (AvgIpc) is 2.74. The maximum Gasteiger partial charge on any atom is 0.308 e. The molecule has 1 aliphatic heterocycles. The van der Waals surface area contributed by atoms with Crippen LogP contribution in [0.25, 0.3) is 6.08 Å². The van der Waals surface area contributed by atoms with Crippen molar-refractivity contribution in [3.05, 3.63) is 14.9 Å². The molecule has 0 saturated carbocycles. The Bertz CT molecular complexity index is 509. The van der Waals surface area contributed by atoms with E-state index >= 15 is 0 Å². The SMILES string of the molecule is O=C(O)Cc1sc(/C=C2\NC(=O)CS2)nc1O. The standard InChI is InChI=1S/C9H8N2O4S2/c12-5-3-16-6(10-5)2-7-11-9(15)4(17-7)1-8(13)14/h2,15H,1,3H2,(H,10,12)(H,13,14)/b6-2+. The minimum atomic E-state index is -1.02. The molecule has 0 aromatic carbocycles. The second-order valence-electron chi connectivity index (χ2n) is 3.21. The van der Waals surface area contributed by atoms with Gasteiger partial charge in [-0.15, -0.1) is 11.3 Å². The van der Waals surface area contributed by atoms with Gasteiger partial charge in [0, 0.05) is 6.08 Å². The quantitative estimate of drug-likeness (QED) is 0.746. The molecular weight excluding hydrogens is 264 g/mol. The number of amides is 1. The van der Waals surface area contributed by atoms with Gasteiger partial charge in [0.1, 0.15) is 5.01 Å². The van der Waals surface area contributed by atoms with Gasteiger partial charge in [0.2, 0.25) is 11.8 Å². The van der Waals surface area contributed by atoms with Crippen LogP contribution >= 0.6 is 23.1 Å². The van der Waals surface area contributed by atoms with Crippen LogP contribution in [0.3, 0.4) is 0 Å². The van der Waals surface area contributed by atoms with Crippen LogP contribution in [-0.4, -0.2) is 32.8 Å². The molecule has 1 aromatic heterocycles. The van der Waals surface area contributed by atoms with Crippen LogP contribution in [0.1, 0.15) is 9.88 Å². The van der Waals surface area contributed by atoms with Gasteiger partial charge in [-0.05, 0) is 0 Å². The van der Waals surface area contributed by atoms with Gasteiger partial charge in [-0.1, -0.05) is 11.8 Å². The normalized spacial score (nSPS) is 17.4. The molecule has 0 aliphatic carbocycles. The molecule has 6 nitrogen and oxygen atoms in total. The van der Waals surface area contributed by atoms with E-state index in [0.717, 1.165) is 11.3 Å².